The number of hydrogen-bond donors (Lipinski definition) is 3. The van der Waals surface area contributed by atoms with Gasteiger partial charge in [-0.25, -0.2) is 9.13 Å². The van der Waals surface area contributed by atoms with Crippen molar-refractivity contribution >= 4 is 39.5 Å². The van der Waals surface area contributed by atoms with Gasteiger partial charge in [-0.2, -0.15) is 0 Å². The molecule has 6 atom stereocenters. The summed E-state index contributed by atoms with van der Waals surface area (Å²) in [7, 11) is -9.91. The first-order valence-corrected chi connectivity index (χ1v) is 42.0. The standard InChI is InChI=1S/C75H146O17P2/c1-7-10-12-14-16-18-20-22-23-24-25-26-27-29-31-35-39-47-53-59-74(79)91-70(63-85-72(77)57-51-45-38-34-30-28-21-19-17-15-13-11-8-2)65-89-93(81,82)87-61-69(76)62-88-94(83,84)90-66-71(64-86-73(78)58-52-46-42-41-44-50-56-68(6)9-3)92-75(80)60-54-48-40-36-32-33-37-43-49-55-67(4)5/h67-71,76H,7-66H2,1-6H3,(H,81,82)(H,83,84)/t68?,69-,70-,71-/m1/s1. The van der Waals surface area contributed by atoms with Gasteiger partial charge in [-0.1, -0.05) is 337 Å². The normalized spacial score (nSPS) is 14.3. The van der Waals surface area contributed by atoms with Gasteiger partial charge in [0.15, 0.2) is 12.2 Å². The molecule has 0 amide bonds. The van der Waals surface area contributed by atoms with E-state index in [1.165, 1.54) is 199 Å². The Labute approximate surface area is 575 Å². The highest BCUT2D eigenvalue weighted by Crippen LogP contribution is 2.45. The van der Waals surface area contributed by atoms with Gasteiger partial charge in [-0.3, -0.25) is 37.3 Å². The molecule has 0 spiro atoms. The summed E-state index contributed by atoms with van der Waals surface area (Å²) in [5.74, 6) is -0.651. The summed E-state index contributed by atoms with van der Waals surface area (Å²) in [6.07, 6.45) is 54.2. The molecule has 0 aromatic carbocycles. The summed E-state index contributed by atoms with van der Waals surface area (Å²) in [5.41, 5.74) is 0. The largest absolute Gasteiger partial charge is 0.472 e. The minimum absolute atomic E-state index is 0.105. The lowest BCUT2D eigenvalue weighted by atomic mass is 10.00. The van der Waals surface area contributed by atoms with Crippen LogP contribution in [-0.2, 0) is 65.4 Å². The number of unbranched alkanes of at least 4 members (excludes halogenated alkanes) is 43. The van der Waals surface area contributed by atoms with E-state index in [1.54, 1.807) is 0 Å². The van der Waals surface area contributed by atoms with Crippen LogP contribution in [0.5, 0.6) is 0 Å². The van der Waals surface area contributed by atoms with E-state index in [-0.39, 0.29) is 25.7 Å². The maximum atomic E-state index is 13.1. The van der Waals surface area contributed by atoms with Crippen molar-refractivity contribution in [3.63, 3.8) is 0 Å². The van der Waals surface area contributed by atoms with Gasteiger partial charge in [0.2, 0.25) is 0 Å². The van der Waals surface area contributed by atoms with E-state index in [1.807, 2.05) is 0 Å². The van der Waals surface area contributed by atoms with Crippen molar-refractivity contribution in [2.75, 3.05) is 39.6 Å². The molecule has 94 heavy (non-hydrogen) atoms. The number of carbonyl (C=O) groups is 4. The van der Waals surface area contributed by atoms with Crippen molar-refractivity contribution < 1.29 is 80.2 Å². The highest BCUT2D eigenvalue weighted by molar-refractivity contribution is 7.47. The summed E-state index contributed by atoms with van der Waals surface area (Å²) >= 11 is 0. The predicted octanol–water partition coefficient (Wildman–Crippen LogP) is 21.9. The third kappa shape index (κ3) is 67.3. The van der Waals surface area contributed by atoms with Crippen LogP contribution >= 0.6 is 15.6 Å². The van der Waals surface area contributed by atoms with Gasteiger partial charge in [-0.05, 0) is 37.5 Å². The quantitative estimate of drug-likeness (QED) is 0.0222. The van der Waals surface area contributed by atoms with Crippen LogP contribution < -0.4 is 0 Å². The SMILES string of the molecule is CCCCCCCCCCCCCCCCCCCCCC(=O)O[C@H](COC(=O)CCCCCCCCCCCCCCC)COP(=O)(O)OC[C@@H](O)COP(=O)(O)OC[C@@H](COC(=O)CCCCCCCCC(C)CC)OC(=O)CCCCCCCCCCCC(C)C. The number of aliphatic hydroxyl groups is 1. The van der Waals surface area contributed by atoms with E-state index in [0.717, 1.165) is 108 Å². The number of carbonyl (C=O) groups excluding carboxylic acids is 4. The molecule has 0 saturated carbocycles. The zero-order chi connectivity index (χ0) is 69.3. The van der Waals surface area contributed by atoms with Gasteiger partial charge in [0, 0.05) is 25.7 Å². The lowest BCUT2D eigenvalue weighted by Gasteiger charge is -2.21. The molecule has 17 nitrogen and oxygen atoms in total. The number of esters is 4. The third-order valence-electron chi connectivity index (χ3n) is 17.8. The van der Waals surface area contributed by atoms with Gasteiger partial charge in [-0.15, -0.1) is 0 Å². The first kappa shape index (κ1) is 92.1. The Morgan fingerprint density at radius 2 is 0.543 bits per heavy atom. The first-order chi connectivity index (χ1) is 45.4. The zero-order valence-corrected chi connectivity index (χ0v) is 63.1. The van der Waals surface area contributed by atoms with Crippen molar-refractivity contribution in [1.29, 1.82) is 0 Å². The predicted molar refractivity (Wildman–Crippen MR) is 381 cm³/mol. The van der Waals surface area contributed by atoms with E-state index in [0.29, 0.717) is 25.7 Å². The van der Waals surface area contributed by atoms with Gasteiger partial charge in [0.25, 0.3) is 0 Å². The van der Waals surface area contributed by atoms with Gasteiger partial charge >= 0.3 is 39.5 Å². The monoisotopic (exact) mass is 1380 g/mol. The summed E-state index contributed by atoms with van der Waals surface area (Å²) in [6.45, 7) is 9.52. The Balaban J connectivity index is 5.23. The molecule has 0 radical (unpaired) electrons. The fourth-order valence-corrected chi connectivity index (χ4v) is 13.0. The number of phosphoric acid groups is 2. The lowest BCUT2D eigenvalue weighted by molar-refractivity contribution is -0.161. The minimum Gasteiger partial charge on any atom is -0.462 e. The molecule has 0 bridgehead atoms. The van der Waals surface area contributed by atoms with E-state index < -0.39 is 97.5 Å². The molecule has 558 valence electrons. The zero-order valence-electron chi connectivity index (χ0n) is 61.3. The number of hydrogen-bond acceptors (Lipinski definition) is 15. The number of ether oxygens (including phenoxy) is 4. The summed E-state index contributed by atoms with van der Waals surface area (Å²) < 4.78 is 68.5. The van der Waals surface area contributed by atoms with Crippen molar-refractivity contribution in [3.8, 4) is 0 Å². The molecule has 0 heterocycles. The van der Waals surface area contributed by atoms with Gasteiger partial charge in [0.05, 0.1) is 26.4 Å². The molecule has 0 aliphatic carbocycles. The molecule has 19 heteroatoms. The topological polar surface area (TPSA) is 237 Å². The van der Waals surface area contributed by atoms with Crippen LogP contribution in [0.2, 0.25) is 0 Å². The molecule has 0 saturated heterocycles. The van der Waals surface area contributed by atoms with Crippen LogP contribution in [0.3, 0.4) is 0 Å². The van der Waals surface area contributed by atoms with Crippen LogP contribution in [-0.4, -0.2) is 96.7 Å². The highest BCUT2D eigenvalue weighted by Gasteiger charge is 2.30. The maximum Gasteiger partial charge on any atom is 0.472 e. The molecule has 3 N–H and O–H groups in total. The van der Waals surface area contributed by atoms with Crippen LogP contribution in [0.15, 0.2) is 0 Å². The second kappa shape index (κ2) is 66.9. The highest BCUT2D eigenvalue weighted by atomic mass is 31.2. The van der Waals surface area contributed by atoms with Crippen molar-refractivity contribution in [2.45, 2.75) is 407 Å². The Morgan fingerprint density at radius 3 is 0.809 bits per heavy atom. The molecule has 3 unspecified atom stereocenters. The van der Waals surface area contributed by atoms with Crippen LogP contribution in [0.25, 0.3) is 0 Å². The molecule has 0 aliphatic rings. The Morgan fingerprint density at radius 1 is 0.309 bits per heavy atom. The summed E-state index contributed by atoms with van der Waals surface area (Å²) in [6, 6.07) is 0. The van der Waals surface area contributed by atoms with Crippen molar-refractivity contribution in [1.82, 2.24) is 0 Å². The minimum atomic E-state index is -4.96. The molecule has 0 aromatic rings. The fraction of sp³-hybridized carbons (Fsp3) is 0.947. The Hall–Kier alpha value is -1.94. The first-order valence-electron chi connectivity index (χ1n) is 39.0. The van der Waals surface area contributed by atoms with Gasteiger partial charge < -0.3 is 33.8 Å². The van der Waals surface area contributed by atoms with Crippen LogP contribution in [0, 0.1) is 11.8 Å². The fourth-order valence-electron chi connectivity index (χ4n) is 11.4. The molecular weight excluding hydrogens is 1230 g/mol. The summed E-state index contributed by atoms with van der Waals surface area (Å²) in [5, 5.41) is 10.6. The second-order valence-electron chi connectivity index (χ2n) is 27.8. The number of phosphoric ester groups is 2. The molecule has 0 aromatic heterocycles. The average Bonchev–Trinajstić information content (AvgIpc) is 2.14. The van der Waals surface area contributed by atoms with E-state index in [2.05, 4.69) is 41.5 Å². The van der Waals surface area contributed by atoms with Crippen LogP contribution in [0.4, 0.5) is 0 Å². The lowest BCUT2D eigenvalue weighted by Crippen LogP contribution is -2.30. The number of aliphatic hydroxyl groups excluding tert-OH is 1. The second-order valence-corrected chi connectivity index (χ2v) is 30.7. The maximum absolute atomic E-state index is 13.1. The van der Waals surface area contributed by atoms with Gasteiger partial charge in [0.1, 0.15) is 19.3 Å². The molecule has 0 fully saturated rings. The van der Waals surface area contributed by atoms with Crippen LogP contribution in [0.1, 0.15) is 388 Å². The third-order valence-corrected chi connectivity index (χ3v) is 19.7. The van der Waals surface area contributed by atoms with E-state index in [9.17, 15) is 43.2 Å². The van der Waals surface area contributed by atoms with E-state index in [4.69, 9.17) is 37.0 Å². The van der Waals surface area contributed by atoms with Crippen molar-refractivity contribution in [3.05, 3.63) is 0 Å². The smallest absolute Gasteiger partial charge is 0.462 e. The Bertz CT molecular complexity index is 1820. The average molecular weight is 1380 g/mol. The number of rotatable bonds is 74. The molecular formula is C75H146O17P2. The molecule has 0 rings (SSSR count). The molecule has 0 aliphatic heterocycles. The summed E-state index contributed by atoms with van der Waals surface area (Å²) in [4.78, 5) is 72.7. The van der Waals surface area contributed by atoms with Crippen molar-refractivity contribution in [2.24, 2.45) is 11.8 Å². The van der Waals surface area contributed by atoms with E-state index >= 15 is 0 Å². The Kier molecular flexibility index (Phi) is 65.5.